The Balaban J connectivity index is 2.54. The van der Waals surface area contributed by atoms with Crippen LogP contribution < -0.4 is 5.32 Å². The quantitative estimate of drug-likeness (QED) is 0.466. The van der Waals surface area contributed by atoms with Crippen LogP contribution in [0, 0.1) is 5.92 Å². The zero-order chi connectivity index (χ0) is 6.20. The first-order valence-electron chi connectivity index (χ1n) is 3.06. The summed E-state index contributed by atoms with van der Waals surface area (Å²) >= 11 is 4.48. The molecule has 8 heavy (non-hydrogen) atoms. The summed E-state index contributed by atoms with van der Waals surface area (Å²) in [5.41, 5.74) is 0. The summed E-state index contributed by atoms with van der Waals surface area (Å²) in [7, 11) is 0. The minimum Gasteiger partial charge on any atom is -0.315 e. The van der Waals surface area contributed by atoms with Crippen molar-refractivity contribution < 1.29 is 0 Å². The highest BCUT2D eigenvalue weighted by Crippen LogP contribution is 2.26. The molecular weight excluding hydrogens is 118 g/mol. The fourth-order valence-corrected chi connectivity index (χ4v) is 1.14. The summed E-state index contributed by atoms with van der Waals surface area (Å²) in [5, 5.41) is 3.29. The number of thiol groups is 1. The predicted molar refractivity (Wildman–Crippen MR) is 39.4 cm³/mol. The zero-order valence-electron chi connectivity index (χ0n) is 5.44. The predicted octanol–water partition coefficient (Wildman–Crippen LogP) is 0.914. The second-order valence-corrected chi connectivity index (χ2v) is 3.91. The van der Waals surface area contributed by atoms with Gasteiger partial charge in [0.25, 0.3) is 0 Å². The zero-order valence-corrected chi connectivity index (χ0v) is 6.33. The van der Waals surface area contributed by atoms with E-state index in [4.69, 9.17) is 0 Å². The number of nitrogens with one attached hydrogen (secondary N) is 1. The lowest BCUT2D eigenvalue weighted by atomic mass is 10.00. The van der Waals surface area contributed by atoms with Crippen LogP contribution in [0.3, 0.4) is 0 Å². The molecule has 0 aromatic carbocycles. The molecule has 1 rings (SSSR count). The van der Waals surface area contributed by atoms with Gasteiger partial charge in [0.15, 0.2) is 0 Å². The van der Waals surface area contributed by atoms with Gasteiger partial charge in [-0.3, -0.25) is 0 Å². The maximum Gasteiger partial charge on any atom is 0.0263 e. The molecule has 48 valence electrons. The third-order valence-electron chi connectivity index (χ3n) is 2.00. The molecule has 1 N–H and O–H groups in total. The van der Waals surface area contributed by atoms with E-state index in [-0.39, 0.29) is 4.75 Å². The van der Waals surface area contributed by atoms with Gasteiger partial charge in [-0.25, -0.2) is 0 Å². The molecule has 2 unspecified atom stereocenters. The normalized spacial score (nSPS) is 47.6. The van der Waals surface area contributed by atoms with Gasteiger partial charge in [-0.1, -0.05) is 6.92 Å². The average Bonchev–Trinajstić information content (AvgIpc) is 1.86. The molecule has 0 aromatic rings. The van der Waals surface area contributed by atoms with E-state index in [1.54, 1.807) is 0 Å². The summed E-state index contributed by atoms with van der Waals surface area (Å²) in [6.45, 7) is 6.59. The van der Waals surface area contributed by atoms with Crippen LogP contribution in [0.15, 0.2) is 0 Å². The van der Waals surface area contributed by atoms with E-state index >= 15 is 0 Å². The van der Waals surface area contributed by atoms with Gasteiger partial charge in [0.05, 0.1) is 0 Å². The Kier molecular flexibility index (Phi) is 1.54. The molecule has 0 bridgehead atoms. The number of rotatable bonds is 0. The highest BCUT2D eigenvalue weighted by molar-refractivity contribution is 7.81. The Morgan fingerprint density at radius 3 is 2.50 bits per heavy atom. The highest BCUT2D eigenvalue weighted by atomic mass is 32.1. The van der Waals surface area contributed by atoms with Gasteiger partial charge in [-0.15, -0.1) is 0 Å². The van der Waals surface area contributed by atoms with Crippen molar-refractivity contribution in [2.75, 3.05) is 13.1 Å². The average molecular weight is 131 g/mol. The van der Waals surface area contributed by atoms with Crippen LogP contribution in [0.5, 0.6) is 0 Å². The van der Waals surface area contributed by atoms with Crippen molar-refractivity contribution in [1.82, 2.24) is 5.32 Å². The van der Waals surface area contributed by atoms with Gasteiger partial charge in [0.2, 0.25) is 0 Å². The Morgan fingerprint density at radius 1 is 1.75 bits per heavy atom. The van der Waals surface area contributed by atoms with Crippen LogP contribution in [-0.4, -0.2) is 17.8 Å². The van der Waals surface area contributed by atoms with Gasteiger partial charge < -0.3 is 5.32 Å². The fraction of sp³-hybridized carbons (Fsp3) is 1.00. The lowest BCUT2D eigenvalue weighted by Crippen LogP contribution is -2.25. The lowest BCUT2D eigenvalue weighted by molar-refractivity contribution is 0.545. The highest BCUT2D eigenvalue weighted by Gasteiger charge is 2.31. The monoisotopic (exact) mass is 131 g/mol. The second kappa shape index (κ2) is 1.92. The van der Waals surface area contributed by atoms with Crippen LogP contribution in [0.2, 0.25) is 0 Å². The SMILES string of the molecule is CC1CNCC1(C)S. The van der Waals surface area contributed by atoms with Crippen molar-refractivity contribution in [3.05, 3.63) is 0 Å². The second-order valence-electron chi connectivity index (χ2n) is 2.89. The van der Waals surface area contributed by atoms with Crippen molar-refractivity contribution in [2.24, 2.45) is 5.92 Å². The molecule has 0 aliphatic carbocycles. The first-order chi connectivity index (χ1) is 3.63. The standard InChI is InChI=1S/C6H13NS/c1-5-3-7-4-6(5,2)8/h5,7-8H,3-4H2,1-2H3. The minimum absolute atomic E-state index is 0.236. The first-order valence-corrected chi connectivity index (χ1v) is 3.51. The summed E-state index contributed by atoms with van der Waals surface area (Å²) < 4.78 is 0.236. The van der Waals surface area contributed by atoms with Crippen LogP contribution in [0.1, 0.15) is 13.8 Å². The maximum atomic E-state index is 4.48. The third-order valence-corrected chi connectivity index (χ3v) is 2.59. The molecule has 1 saturated heterocycles. The number of hydrogen-bond donors (Lipinski definition) is 2. The minimum atomic E-state index is 0.236. The molecule has 0 amide bonds. The lowest BCUT2D eigenvalue weighted by Gasteiger charge is -2.19. The van der Waals surface area contributed by atoms with Crippen molar-refractivity contribution in [2.45, 2.75) is 18.6 Å². The van der Waals surface area contributed by atoms with Crippen LogP contribution in [0.4, 0.5) is 0 Å². The van der Waals surface area contributed by atoms with Crippen LogP contribution >= 0.6 is 12.6 Å². The molecule has 0 radical (unpaired) electrons. The van der Waals surface area contributed by atoms with Gasteiger partial charge in [0.1, 0.15) is 0 Å². The van der Waals surface area contributed by atoms with E-state index < -0.39 is 0 Å². The van der Waals surface area contributed by atoms with Crippen molar-refractivity contribution >= 4 is 12.6 Å². The van der Waals surface area contributed by atoms with Gasteiger partial charge >= 0.3 is 0 Å². The Hall–Kier alpha value is 0.310. The molecule has 0 saturated carbocycles. The number of hydrogen-bond acceptors (Lipinski definition) is 2. The van der Waals surface area contributed by atoms with E-state index in [0.29, 0.717) is 5.92 Å². The Bertz CT molecular complexity index is 90.5. The largest absolute Gasteiger partial charge is 0.315 e. The van der Waals surface area contributed by atoms with Crippen molar-refractivity contribution in [1.29, 1.82) is 0 Å². The molecular formula is C6H13NS. The van der Waals surface area contributed by atoms with E-state index in [0.717, 1.165) is 13.1 Å². The smallest absolute Gasteiger partial charge is 0.0263 e. The van der Waals surface area contributed by atoms with Crippen molar-refractivity contribution in [3.63, 3.8) is 0 Å². The molecule has 1 heterocycles. The van der Waals surface area contributed by atoms with Crippen LogP contribution in [0.25, 0.3) is 0 Å². The first kappa shape index (κ1) is 6.43. The van der Waals surface area contributed by atoms with Gasteiger partial charge in [-0.05, 0) is 19.4 Å². The maximum absolute atomic E-state index is 4.48. The summed E-state index contributed by atoms with van der Waals surface area (Å²) in [6.07, 6.45) is 0. The van der Waals surface area contributed by atoms with Gasteiger partial charge in [0, 0.05) is 11.3 Å². The van der Waals surface area contributed by atoms with E-state index in [1.807, 2.05) is 0 Å². The molecule has 1 nitrogen and oxygen atoms in total. The molecule has 2 atom stereocenters. The Labute approximate surface area is 56.3 Å². The molecule has 0 aromatic heterocycles. The van der Waals surface area contributed by atoms with Crippen molar-refractivity contribution in [3.8, 4) is 0 Å². The molecule has 1 aliphatic heterocycles. The van der Waals surface area contributed by atoms with E-state index in [9.17, 15) is 0 Å². The Morgan fingerprint density at radius 2 is 2.38 bits per heavy atom. The molecule has 2 heteroatoms. The van der Waals surface area contributed by atoms with E-state index in [2.05, 4.69) is 31.8 Å². The topological polar surface area (TPSA) is 12.0 Å². The summed E-state index contributed by atoms with van der Waals surface area (Å²) in [4.78, 5) is 0. The van der Waals surface area contributed by atoms with E-state index in [1.165, 1.54) is 0 Å². The third kappa shape index (κ3) is 1.00. The van der Waals surface area contributed by atoms with Gasteiger partial charge in [-0.2, -0.15) is 12.6 Å². The molecule has 1 aliphatic rings. The summed E-state index contributed by atoms with van der Waals surface area (Å²) in [6, 6.07) is 0. The fourth-order valence-electron chi connectivity index (χ4n) is 0.936. The molecule has 0 spiro atoms. The molecule has 1 fully saturated rings. The van der Waals surface area contributed by atoms with Crippen LogP contribution in [-0.2, 0) is 0 Å². The summed E-state index contributed by atoms with van der Waals surface area (Å²) in [5.74, 6) is 0.714.